The zero-order chi connectivity index (χ0) is 9.84. The van der Waals surface area contributed by atoms with Crippen LogP contribution in [0.2, 0.25) is 4.34 Å². The fourth-order valence-corrected chi connectivity index (χ4v) is 1.73. The number of halogens is 1. The van der Waals surface area contributed by atoms with Crippen LogP contribution in [0.1, 0.15) is 5.69 Å². The summed E-state index contributed by atoms with van der Waals surface area (Å²) in [6, 6.07) is 0. The molecule has 69 valence electrons. The first-order valence-corrected chi connectivity index (χ1v) is 4.70. The number of anilines is 1. The van der Waals surface area contributed by atoms with Crippen LogP contribution in [-0.4, -0.2) is 23.2 Å². The minimum absolute atomic E-state index is 0.274. The Morgan fingerprint density at radius 3 is 2.92 bits per heavy atom. The van der Waals surface area contributed by atoms with Crippen LogP contribution in [-0.2, 0) is 4.84 Å². The number of hydrogen-bond donors (Lipinski definition) is 1. The zero-order valence-electron chi connectivity index (χ0n) is 6.57. The van der Waals surface area contributed by atoms with Gasteiger partial charge < -0.3 is 10.6 Å². The van der Waals surface area contributed by atoms with Gasteiger partial charge in [0.25, 0.3) is 0 Å². The highest BCUT2D eigenvalue weighted by Gasteiger charge is 2.12. The largest absolute Gasteiger partial charge is 0.399 e. The third-order valence-corrected chi connectivity index (χ3v) is 2.38. The molecule has 0 unspecified atom stereocenters. The maximum absolute atomic E-state index is 5.81. The molecule has 0 aromatic carbocycles. The molecular weight excluding hydrogens is 230 g/mol. The van der Waals surface area contributed by atoms with Gasteiger partial charge in [0.05, 0.1) is 5.37 Å². The zero-order valence-corrected chi connectivity index (χ0v) is 8.96. The number of oxime groups is 1. The highest BCUT2D eigenvalue weighted by atomic mass is 35.5. The van der Waals surface area contributed by atoms with Crippen molar-refractivity contribution in [1.82, 2.24) is 4.98 Å². The van der Waals surface area contributed by atoms with Gasteiger partial charge in [-0.15, -0.1) is 0 Å². The minimum Gasteiger partial charge on any atom is -0.399 e. The Morgan fingerprint density at radius 2 is 2.54 bits per heavy atom. The average molecular weight is 235 g/mol. The average Bonchev–Trinajstić information content (AvgIpc) is 2.41. The van der Waals surface area contributed by atoms with Gasteiger partial charge in [0.1, 0.15) is 17.1 Å². The van der Waals surface area contributed by atoms with Crippen LogP contribution >= 0.6 is 35.2 Å². The van der Waals surface area contributed by atoms with Gasteiger partial charge in [-0.05, 0) is 0 Å². The van der Waals surface area contributed by atoms with E-state index in [4.69, 9.17) is 17.3 Å². The standard InChI is InChI=1S/C6H5ClN3OS2/c1-11-10-3(2-12)4-5(7)13-6(8)9-4/h1H3,(H2,8,9)/b10-3+. The fraction of sp³-hybridized carbons (Fsp3) is 0.167. The lowest BCUT2D eigenvalue weighted by atomic mass is 10.3. The number of rotatable bonds is 3. The first-order chi connectivity index (χ1) is 6.19. The molecule has 1 rings (SSSR count). The van der Waals surface area contributed by atoms with Gasteiger partial charge in [-0.25, -0.2) is 4.98 Å². The van der Waals surface area contributed by atoms with Crippen LogP contribution in [0, 0.1) is 0 Å². The van der Waals surface area contributed by atoms with Crippen LogP contribution in [0.25, 0.3) is 0 Å². The molecule has 1 heterocycles. The Balaban J connectivity index is 3.11. The van der Waals surface area contributed by atoms with Crippen LogP contribution in [0.3, 0.4) is 0 Å². The van der Waals surface area contributed by atoms with Crippen molar-refractivity contribution in [1.29, 1.82) is 0 Å². The maximum atomic E-state index is 5.81. The molecule has 0 amide bonds. The molecular formula is C6H5ClN3OS2. The Bertz CT molecular complexity index is 350. The van der Waals surface area contributed by atoms with Crippen molar-refractivity contribution in [2.45, 2.75) is 0 Å². The number of thiocarbonyl (C=S) groups is 1. The Hall–Kier alpha value is -0.720. The van der Waals surface area contributed by atoms with E-state index in [1.165, 1.54) is 7.11 Å². The van der Waals surface area contributed by atoms with Crippen molar-refractivity contribution in [3.8, 4) is 0 Å². The predicted molar refractivity (Wildman–Crippen MR) is 57.7 cm³/mol. The molecule has 0 aliphatic heterocycles. The summed E-state index contributed by atoms with van der Waals surface area (Å²) < 4.78 is 0.422. The molecule has 1 aromatic heterocycles. The summed E-state index contributed by atoms with van der Waals surface area (Å²) in [5, 5.41) is 6.33. The quantitative estimate of drug-likeness (QED) is 0.490. The number of nitrogens with zero attached hydrogens (tertiary/aromatic N) is 2. The van der Waals surface area contributed by atoms with Crippen LogP contribution in [0.15, 0.2) is 5.16 Å². The molecule has 0 saturated carbocycles. The molecule has 1 aromatic rings. The summed E-state index contributed by atoms with van der Waals surface area (Å²) in [6.45, 7) is 0. The molecule has 4 nitrogen and oxygen atoms in total. The number of nitrogen functional groups attached to an aromatic ring is 1. The van der Waals surface area contributed by atoms with E-state index in [0.717, 1.165) is 11.3 Å². The molecule has 0 bridgehead atoms. The first kappa shape index (κ1) is 10.4. The highest BCUT2D eigenvalue weighted by Crippen LogP contribution is 2.26. The summed E-state index contributed by atoms with van der Waals surface area (Å²) >= 11 is 11.6. The van der Waals surface area contributed by atoms with E-state index in [9.17, 15) is 0 Å². The fourth-order valence-electron chi connectivity index (χ4n) is 0.665. The van der Waals surface area contributed by atoms with E-state index in [-0.39, 0.29) is 5.71 Å². The van der Waals surface area contributed by atoms with Gasteiger partial charge >= 0.3 is 0 Å². The highest BCUT2D eigenvalue weighted by molar-refractivity contribution is 7.80. The van der Waals surface area contributed by atoms with Gasteiger partial charge in [-0.1, -0.05) is 40.3 Å². The molecule has 0 aliphatic carbocycles. The Kier molecular flexibility index (Phi) is 3.58. The first-order valence-electron chi connectivity index (χ1n) is 3.10. The van der Waals surface area contributed by atoms with Crippen molar-refractivity contribution in [3.63, 3.8) is 0 Å². The van der Waals surface area contributed by atoms with Crippen LogP contribution < -0.4 is 5.73 Å². The van der Waals surface area contributed by atoms with Crippen molar-refractivity contribution in [2.75, 3.05) is 12.8 Å². The van der Waals surface area contributed by atoms with Gasteiger partial charge in [-0.2, -0.15) is 0 Å². The van der Waals surface area contributed by atoms with E-state index >= 15 is 0 Å². The third-order valence-electron chi connectivity index (χ3n) is 1.11. The van der Waals surface area contributed by atoms with Crippen molar-refractivity contribution < 1.29 is 4.84 Å². The number of thiazole rings is 1. The predicted octanol–water partition coefficient (Wildman–Crippen LogP) is 1.61. The molecule has 0 fully saturated rings. The molecule has 2 N–H and O–H groups in total. The van der Waals surface area contributed by atoms with E-state index in [1.54, 1.807) is 0 Å². The smallest absolute Gasteiger partial charge is 0.182 e. The van der Waals surface area contributed by atoms with E-state index in [2.05, 4.69) is 32.6 Å². The minimum atomic E-state index is 0.274. The lowest BCUT2D eigenvalue weighted by Crippen LogP contribution is -2.03. The van der Waals surface area contributed by atoms with Crippen molar-refractivity contribution in [2.24, 2.45) is 5.16 Å². The molecule has 13 heavy (non-hydrogen) atoms. The van der Waals surface area contributed by atoms with E-state index < -0.39 is 0 Å². The van der Waals surface area contributed by atoms with Gasteiger partial charge in [0, 0.05) is 0 Å². The monoisotopic (exact) mass is 234 g/mol. The number of nitrogens with two attached hydrogens (primary N) is 1. The summed E-state index contributed by atoms with van der Waals surface area (Å²) in [6.07, 6.45) is 0. The summed E-state index contributed by atoms with van der Waals surface area (Å²) in [5.74, 6) is 0. The van der Waals surface area contributed by atoms with E-state index in [0.29, 0.717) is 15.2 Å². The second kappa shape index (κ2) is 4.50. The number of hydrogen-bond acceptors (Lipinski definition) is 6. The van der Waals surface area contributed by atoms with E-state index in [1.807, 2.05) is 0 Å². The molecule has 0 aliphatic rings. The lowest BCUT2D eigenvalue weighted by molar-refractivity contribution is 0.214. The molecule has 0 saturated heterocycles. The Morgan fingerprint density at radius 1 is 1.85 bits per heavy atom. The van der Waals surface area contributed by atoms with Gasteiger partial charge in [0.15, 0.2) is 10.8 Å². The molecule has 7 heteroatoms. The molecule has 0 spiro atoms. The molecule has 0 atom stereocenters. The maximum Gasteiger partial charge on any atom is 0.182 e. The lowest BCUT2D eigenvalue weighted by Gasteiger charge is -1.93. The summed E-state index contributed by atoms with van der Waals surface area (Å²) in [4.78, 5) is 8.46. The van der Waals surface area contributed by atoms with Crippen molar-refractivity contribution >= 4 is 51.4 Å². The number of aromatic nitrogens is 1. The Labute approximate surface area is 89.4 Å². The topological polar surface area (TPSA) is 60.5 Å². The SMILES string of the molecule is CO/N=C(\[C]=S)c1nc(N)sc1Cl. The van der Waals surface area contributed by atoms with Crippen LogP contribution in [0.4, 0.5) is 5.13 Å². The van der Waals surface area contributed by atoms with Crippen LogP contribution in [0.5, 0.6) is 0 Å². The van der Waals surface area contributed by atoms with Gasteiger partial charge in [-0.3, -0.25) is 0 Å². The second-order valence-electron chi connectivity index (χ2n) is 1.90. The third kappa shape index (κ3) is 2.36. The summed E-state index contributed by atoms with van der Waals surface area (Å²) in [5.41, 5.74) is 6.11. The summed E-state index contributed by atoms with van der Waals surface area (Å²) in [7, 11) is 1.40. The second-order valence-corrected chi connectivity index (χ2v) is 3.74. The van der Waals surface area contributed by atoms with Gasteiger partial charge in [0.2, 0.25) is 0 Å². The van der Waals surface area contributed by atoms with Crippen molar-refractivity contribution in [3.05, 3.63) is 10.0 Å². The molecule has 1 radical (unpaired) electrons. The normalized spacial score (nSPS) is 11.4.